The maximum atomic E-state index is 11.9. The maximum absolute atomic E-state index is 11.9. The highest BCUT2D eigenvalue weighted by atomic mass is 16.5. The molecule has 1 amide bonds. The van der Waals surface area contributed by atoms with E-state index >= 15 is 0 Å². The molecule has 1 aromatic heterocycles. The Kier molecular flexibility index (Phi) is 5.51. The van der Waals surface area contributed by atoms with Gasteiger partial charge in [0.25, 0.3) is 5.91 Å². The molecule has 0 aliphatic heterocycles. The van der Waals surface area contributed by atoms with Gasteiger partial charge < -0.3 is 14.6 Å². The molecule has 5 heteroatoms. The number of hydrogen-bond acceptors (Lipinski definition) is 4. The van der Waals surface area contributed by atoms with Gasteiger partial charge in [-0.15, -0.1) is 0 Å². The van der Waals surface area contributed by atoms with Crippen LogP contribution in [0.3, 0.4) is 0 Å². The summed E-state index contributed by atoms with van der Waals surface area (Å²) in [5.74, 6) is 0.337. The molecule has 0 unspecified atom stereocenters. The third-order valence-electron chi connectivity index (χ3n) is 2.93. The smallest absolute Gasteiger partial charge is 0.273 e. The van der Waals surface area contributed by atoms with Gasteiger partial charge in [-0.2, -0.15) is 0 Å². The first-order valence-electron chi connectivity index (χ1n) is 7.10. The molecule has 112 valence electrons. The Morgan fingerprint density at radius 1 is 1.33 bits per heavy atom. The average molecular weight is 288 g/mol. The highest BCUT2D eigenvalue weighted by molar-refractivity contribution is 5.93. The number of aromatic nitrogens is 1. The van der Waals surface area contributed by atoms with Gasteiger partial charge in [0.15, 0.2) is 11.5 Å². The van der Waals surface area contributed by atoms with Crippen LogP contribution < -0.4 is 5.32 Å². The third kappa shape index (κ3) is 4.43. The minimum absolute atomic E-state index is 0.252. The molecule has 21 heavy (non-hydrogen) atoms. The first kappa shape index (κ1) is 15.3. The van der Waals surface area contributed by atoms with E-state index in [2.05, 4.69) is 10.5 Å². The summed E-state index contributed by atoms with van der Waals surface area (Å²) in [6, 6.07) is 9.51. The van der Waals surface area contributed by atoms with Crippen LogP contribution in [0, 0.1) is 6.92 Å². The molecule has 0 fully saturated rings. The van der Waals surface area contributed by atoms with Crippen molar-refractivity contribution in [1.29, 1.82) is 0 Å². The number of amides is 1. The van der Waals surface area contributed by atoms with Crippen molar-refractivity contribution in [1.82, 2.24) is 10.5 Å². The quantitative estimate of drug-likeness (QED) is 0.796. The summed E-state index contributed by atoms with van der Waals surface area (Å²) < 4.78 is 10.5. The molecule has 0 aliphatic rings. The van der Waals surface area contributed by atoms with Crippen LogP contribution in [0.2, 0.25) is 0 Å². The SMILES string of the molecule is CCCOCCNC(=O)c1cc(-c2cccc(C)c2)on1. The fourth-order valence-corrected chi connectivity index (χ4v) is 1.89. The molecular formula is C16H20N2O3. The monoisotopic (exact) mass is 288 g/mol. The van der Waals surface area contributed by atoms with Crippen molar-refractivity contribution < 1.29 is 14.1 Å². The van der Waals surface area contributed by atoms with E-state index in [1.54, 1.807) is 6.07 Å². The van der Waals surface area contributed by atoms with E-state index in [0.29, 0.717) is 25.5 Å². The van der Waals surface area contributed by atoms with Gasteiger partial charge in [0.1, 0.15) is 0 Å². The van der Waals surface area contributed by atoms with Gasteiger partial charge in [-0.1, -0.05) is 35.8 Å². The predicted molar refractivity (Wildman–Crippen MR) is 80.1 cm³/mol. The standard InChI is InChI=1S/C16H20N2O3/c1-3-8-20-9-7-17-16(19)14-11-15(21-18-14)13-6-4-5-12(2)10-13/h4-6,10-11H,3,7-9H2,1-2H3,(H,17,19). The Labute approximate surface area is 124 Å². The lowest BCUT2D eigenvalue weighted by molar-refractivity contribution is 0.0907. The molecule has 0 spiro atoms. The van der Waals surface area contributed by atoms with E-state index in [0.717, 1.165) is 17.5 Å². The number of carbonyl (C=O) groups excluding carboxylic acids is 1. The molecule has 2 aromatic rings. The number of aryl methyl sites for hydroxylation is 1. The van der Waals surface area contributed by atoms with Crippen LogP contribution in [0.4, 0.5) is 0 Å². The van der Waals surface area contributed by atoms with Gasteiger partial charge in [-0.05, 0) is 19.4 Å². The van der Waals surface area contributed by atoms with Crippen LogP contribution in [0.25, 0.3) is 11.3 Å². The summed E-state index contributed by atoms with van der Waals surface area (Å²) in [6.07, 6.45) is 0.969. The first-order valence-corrected chi connectivity index (χ1v) is 7.10. The largest absolute Gasteiger partial charge is 0.380 e. The second kappa shape index (κ2) is 7.59. The van der Waals surface area contributed by atoms with Crippen molar-refractivity contribution in [2.24, 2.45) is 0 Å². The Morgan fingerprint density at radius 2 is 2.19 bits per heavy atom. The van der Waals surface area contributed by atoms with Crippen molar-refractivity contribution in [2.45, 2.75) is 20.3 Å². The lowest BCUT2D eigenvalue weighted by atomic mass is 10.1. The highest BCUT2D eigenvalue weighted by Crippen LogP contribution is 2.21. The van der Waals surface area contributed by atoms with Gasteiger partial charge in [0.05, 0.1) is 6.61 Å². The Bertz CT molecular complexity index is 593. The van der Waals surface area contributed by atoms with E-state index in [-0.39, 0.29) is 11.6 Å². The van der Waals surface area contributed by atoms with Crippen LogP contribution >= 0.6 is 0 Å². The number of hydrogen-bond donors (Lipinski definition) is 1. The number of benzene rings is 1. The molecule has 2 rings (SSSR count). The van der Waals surface area contributed by atoms with Gasteiger partial charge in [0, 0.05) is 24.8 Å². The summed E-state index contributed by atoms with van der Waals surface area (Å²) in [5.41, 5.74) is 2.32. The van der Waals surface area contributed by atoms with Gasteiger partial charge in [-0.25, -0.2) is 0 Å². The van der Waals surface area contributed by atoms with Crippen LogP contribution in [0.1, 0.15) is 29.4 Å². The van der Waals surface area contributed by atoms with Crippen LogP contribution in [-0.4, -0.2) is 30.8 Å². The van der Waals surface area contributed by atoms with E-state index in [1.165, 1.54) is 0 Å². The molecule has 1 heterocycles. The van der Waals surface area contributed by atoms with Gasteiger partial charge in [-0.3, -0.25) is 4.79 Å². The van der Waals surface area contributed by atoms with E-state index in [1.807, 2.05) is 38.1 Å². The second-order valence-corrected chi connectivity index (χ2v) is 4.81. The molecule has 5 nitrogen and oxygen atoms in total. The Morgan fingerprint density at radius 3 is 2.95 bits per heavy atom. The fraction of sp³-hybridized carbons (Fsp3) is 0.375. The molecule has 0 saturated carbocycles. The van der Waals surface area contributed by atoms with Crippen molar-refractivity contribution >= 4 is 5.91 Å². The van der Waals surface area contributed by atoms with E-state index < -0.39 is 0 Å². The fourth-order valence-electron chi connectivity index (χ4n) is 1.89. The number of ether oxygens (including phenoxy) is 1. The molecule has 0 saturated heterocycles. The average Bonchev–Trinajstić information content (AvgIpc) is 2.97. The molecule has 0 atom stereocenters. The van der Waals surface area contributed by atoms with Gasteiger partial charge in [0.2, 0.25) is 0 Å². The minimum atomic E-state index is -0.252. The van der Waals surface area contributed by atoms with E-state index in [4.69, 9.17) is 9.26 Å². The summed E-state index contributed by atoms with van der Waals surface area (Å²) in [4.78, 5) is 11.9. The molecule has 1 aromatic carbocycles. The summed E-state index contributed by atoms with van der Waals surface area (Å²) in [6.45, 7) is 5.72. The van der Waals surface area contributed by atoms with Crippen molar-refractivity contribution in [3.63, 3.8) is 0 Å². The molecule has 1 N–H and O–H groups in total. The summed E-state index contributed by atoms with van der Waals surface area (Å²) >= 11 is 0. The zero-order valence-electron chi connectivity index (χ0n) is 12.4. The lowest BCUT2D eigenvalue weighted by Crippen LogP contribution is -2.27. The Balaban J connectivity index is 1.92. The minimum Gasteiger partial charge on any atom is -0.380 e. The normalized spacial score (nSPS) is 10.6. The van der Waals surface area contributed by atoms with Crippen LogP contribution in [0.15, 0.2) is 34.9 Å². The van der Waals surface area contributed by atoms with Crippen LogP contribution in [-0.2, 0) is 4.74 Å². The molecular weight excluding hydrogens is 268 g/mol. The third-order valence-corrected chi connectivity index (χ3v) is 2.93. The topological polar surface area (TPSA) is 64.4 Å². The number of nitrogens with zero attached hydrogens (tertiary/aromatic N) is 1. The number of rotatable bonds is 7. The molecule has 0 radical (unpaired) electrons. The van der Waals surface area contributed by atoms with Gasteiger partial charge >= 0.3 is 0 Å². The number of nitrogens with one attached hydrogen (secondary N) is 1. The van der Waals surface area contributed by atoms with Crippen molar-refractivity contribution in [3.8, 4) is 11.3 Å². The van der Waals surface area contributed by atoms with Crippen molar-refractivity contribution in [3.05, 3.63) is 41.6 Å². The zero-order valence-corrected chi connectivity index (χ0v) is 12.4. The van der Waals surface area contributed by atoms with E-state index in [9.17, 15) is 4.79 Å². The highest BCUT2D eigenvalue weighted by Gasteiger charge is 2.13. The lowest BCUT2D eigenvalue weighted by Gasteiger charge is -2.03. The van der Waals surface area contributed by atoms with Crippen LogP contribution in [0.5, 0.6) is 0 Å². The second-order valence-electron chi connectivity index (χ2n) is 4.81. The molecule has 0 bridgehead atoms. The Hall–Kier alpha value is -2.14. The van der Waals surface area contributed by atoms with Crippen molar-refractivity contribution in [2.75, 3.05) is 19.8 Å². The molecule has 0 aliphatic carbocycles. The predicted octanol–water partition coefficient (Wildman–Crippen LogP) is 2.81. The first-order chi connectivity index (χ1) is 10.2. The number of carbonyl (C=O) groups is 1. The zero-order chi connectivity index (χ0) is 15.1. The summed E-state index contributed by atoms with van der Waals surface area (Å²) in [5, 5.41) is 6.56. The maximum Gasteiger partial charge on any atom is 0.273 e. The summed E-state index contributed by atoms with van der Waals surface area (Å²) in [7, 11) is 0.